The van der Waals surface area contributed by atoms with Gasteiger partial charge in [-0.25, -0.2) is 0 Å². The molecule has 8 nitrogen and oxygen atoms in total. The third kappa shape index (κ3) is 4.02. The molecule has 0 spiro atoms. The van der Waals surface area contributed by atoms with Crippen LogP contribution in [0.4, 0.5) is 0 Å². The third-order valence-electron chi connectivity index (χ3n) is 2.73. The highest BCUT2D eigenvalue weighted by molar-refractivity contribution is 5.75. The van der Waals surface area contributed by atoms with Crippen molar-refractivity contribution < 1.29 is 19.8 Å². The molecule has 0 aromatic rings. The van der Waals surface area contributed by atoms with Crippen molar-refractivity contribution in [3.63, 3.8) is 0 Å². The lowest BCUT2D eigenvalue weighted by molar-refractivity contribution is -0.143. The first kappa shape index (κ1) is 17.5. The average Bonchev–Trinajstić information content (AvgIpc) is 2.26. The summed E-state index contributed by atoms with van der Waals surface area (Å²) in [4.78, 5) is 21.9. The summed E-state index contributed by atoms with van der Waals surface area (Å²) in [5.41, 5.74) is -2.67. The Morgan fingerprint density at radius 1 is 0.900 bits per heavy atom. The van der Waals surface area contributed by atoms with Gasteiger partial charge in [0.25, 0.3) is 0 Å². The molecule has 0 aliphatic carbocycles. The summed E-state index contributed by atoms with van der Waals surface area (Å²) in [6.45, 7) is 5.60. The van der Waals surface area contributed by atoms with E-state index in [4.69, 9.17) is 20.7 Å². The second-order valence-electron chi connectivity index (χ2n) is 5.31. The maximum absolute atomic E-state index is 10.9. The summed E-state index contributed by atoms with van der Waals surface area (Å²) in [6.07, 6.45) is 0. The first-order valence-corrected chi connectivity index (χ1v) is 5.68. The van der Waals surface area contributed by atoms with Gasteiger partial charge < -0.3 is 10.2 Å². The van der Waals surface area contributed by atoms with Gasteiger partial charge in [-0.15, -0.1) is 0 Å². The Hall–Kier alpha value is -2.48. The highest BCUT2D eigenvalue weighted by Crippen LogP contribution is 2.27. The Morgan fingerprint density at radius 2 is 1.15 bits per heavy atom. The van der Waals surface area contributed by atoms with Crippen LogP contribution >= 0.6 is 0 Å². The fraction of sp³-hybridized carbons (Fsp3) is 0.667. The van der Waals surface area contributed by atoms with Crippen molar-refractivity contribution in [2.45, 2.75) is 38.8 Å². The van der Waals surface area contributed by atoms with Crippen molar-refractivity contribution in [3.05, 3.63) is 0 Å². The van der Waals surface area contributed by atoms with Crippen molar-refractivity contribution in [2.75, 3.05) is 0 Å². The van der Waals surface area contributed by atoms with Gasteiger partial charge in [-0.2, -0.15) is 20.8 Å². The number of rotatable bonds is 6. The minimum absolute atomic E-state index is 1.34. The lowest BCUT2D eigenvalue weighted by Gasteiger charge is -2.25. The molecule has 0 aliphatic rings. The van der Waals surface area contributed by atoms with Gasteiger partial charge in [0, 0.05) is 0 Å². The summed E-state index contributed by atoms with van der Waals surface area (Å²) in [5.74, 6) is -5.53. The molecule has 0 fully saturated rings. The fourth-order valence-corrected chi connectivity index (χ4v) is 1.40. The van der Waals surface area contributed by atoms with Crippen molar-refractivity contribution in [2.24, 2.45) is 22.1 Å². The van der Waals surface area contributed by atoms with Gasteiger partial charge in [0.15, 0.2) is 11.8 Å². The smallest absolute Gasteiger partial charge is 0.323 e. The molecule has 0 aromatic heterocycles. The van der Waals surface area contributed by atoms with Crippen molar-refractivity contribution in [1.29, 1.82) is 10.5 Å². The normalized spacial score (nSPS) is 15.1. The van der Waals surface area contributed by atoms with E-state index in [1.54, 1.807) is 12.1 Å². The molecule has 0 heterocycles. The van der Waals surface area contributed by atoms with Gasteiger partial charge >= 0.3 is 11.9 Å². The van der Waals surface area contributed by atoms with Crippen LogP contribution in [0.5, 0.6) is 0 Å². The number of aliphatic carboxylic acids is 2. The summed E-state index contributed by atoms with van der Waals surface area (Å²) in [6, 6.07) is 3.22. The summed E-state index contributed by atoms with van der Waals surface area (Å²) in [7, 11) is 0. The largest absolute Gasteiger partial charge is 0.480 e. The van der Waals surface area contributed by atoms with Crippen LogP contribution in [0.2, 0.25) is 0 Å². The zero-order chi connectivity index (χ0) is 16.1. The molecule has 2 atom stereocenters. The van der Waals surface area contributed by atoms with E-state index >= 15 is 0 Å². The maximum Gasteiger partial charge on any atom is 0.323 e. The fourth-order valence-electron chi connectivity index (χ4n) is 1.40. The third-order valence-corrected chi connectivity index (χ3v) is 2.73. The van der Waals surface area contributed by atoms with Gasteiger partial charge in [-0.1, -0.05) is 0 Å². The summed E-state index contributed by atoms with van der Waals surface area (Å²) in [5, 5.41) is 43.0. The van der Waals surface area contributed by atoms with Crippen molar-refractivity contribution in [1.82, 2.24) is 0 Å². The van der Waals surface area contributed by atoms with Gasteiger partial charge in [0.1, 0.15) is 11.1 Å². The van der Waals surface area contributed by atoms with Crippen LogP contribution in [-0.2, 0) is 9.59 Å². The summed E-state index contributed by atoms with van der Waals surface area (Å²) >= 11 is 0. The monoisotopic (exact) mass is 280 g/mol. The van der Waals surface area contributed by atoms with E-state index in [1.807, 2.05) is 0 Å². The van der Waals surface area contributed by atoms with E-state index in [9.17, 15) is 9.59 Å². The minimum atomic E-state index is -1.42. The van der Waals surface area contributed by atoms with E-state index < -0.39 is 34.9 Å². The molecule has 0 saturated carbocycles. The van der Waals surface area contributed by atoms with Crippen molar-refractivity contribution in [3.8, 4) is 12.1 Å². The number of nitrogens with zero attached hydrogens (tertiary/aromatic N) is 4. The number of carbonyl (C=O) groups is 2. The molecule has 0 rings (SSSR count). The van der Waals surface area contributed by atoms with Crippen LogP contribution in [0.1, 0.15) is 27.7 Å². The number of nitriles is 2. The molecule has 0 amide bonds. The molecular weight excluding hydrogens is 264 g/mol. The molecule has 8 heteroatoms. The zero-order valence-electron chi connectivity index (χ0n) is 11.7. The lowest BCUT2D eigenvalue weighted by atomic mass is 9.88. The predicted octanol–water partition coefficient (Wildman–Crippen LogP) is 1.44. The number of hydrogen-bond acceptors (Lipinski definition) is 6. The molecule has 0 aliphatic heterocycles. The first-order chi connectivity index (χ1) is 8.99. The second kappa shape index (κ2) is 6.11. The Bertz CT molecular complexity index is 465. The van der Waals surface area contributed by atoms with Gasteiger partial charge in [0.2, 0.25) is 0 Å². The van der Waals surface area contributed by atoms with E-state index in [2.05, 4.69) is 10.2 Å². The van der Waals surface area contributed by atoms with E-state index in [-0.39, 0.29) is 0 Å². The van der Waals surface area contributed by atoms with E-state index in [0.717, 1.165) is 0 Å². The Morgan fingerprint density at radius 3 is 1.30 bits per heavy atom. The Balaban J connectivity index is 5.39. The minimum Gasteiger partial charge on any atom is -0.480 e. The van der Waals surface area contributed by atoms with E-state index in [0.29, 0.717) is 0 Å². The maximum atomic E-state index is 10.9. The van der Waals surface area contributed by atoms with Gasteiger partial charge in [0.05, 0.1) is 12.1 Å². The molecule has 2 unspecified atom stereocenters. The Kier molecular flexibility index (Phi) is 5.35. The molecule has 108 valence electrons. The summed E-state index contributed by atoms with van der Waals surface area (Å²) < 4.78 is 0. The van der Waals surface area contributed by atoms with Gasteiger partial charge in [-0.3, -0.25) is 9.59 Å². The number of hydrogen-bond donors (Lipinski definition) is 2. The SMILES string of the molecule is CC(C)(/N=N/C(C)(C)C(C#N)C(=O)O)C(C#N)C(=O)O. The van der Waals surface area contributed by atoms with Crippen LogP contribution in [0.25, 0.3) is 0 Å². The standard InChI is InChI=1S/C12H16N4O4/c1-11(2,7(5-13)9(17)18)15-16-12(3,4)8(6-14)10(19)20/h7-8H,1-4H3,(H,17,18)(H,19,20)/b16-15+. The quantitative estimate of drug-likeness (QED) is 0.703. The van der Waals surface area contributed by atoms with E-state index in [1.165, 1.54) is 27.7 Å². The highest BCUT2D eigenvalue weighted by atomic mass is 16.4. The first-order valence-electron chi connectivity index (χ1n) is 5.68. The average molecular weight is 280 g/mol. The molecule has 0 saturated heterocycles. The molecule has 2 N–H and O–H groups in total. The van der Waals surface area contributed by atoms with Crippen LogP contribution in [0, 0.1) is 34.5 Å². The topological polar surface area (TPSA) is 147 Å². The van der Waals surface area contributed by atoms with Gasteiger partial charge in [-0.05, 0) is 27.7 Å². The molecular formula is C12H16N4O4. The Labute approximate surface area is 116 Å². The number of carboxylic acid groups (broad SMARTS) is 2. The van der Waals surface area contributed by atoms with Crippen LogP contribution in [0.15, 0.2) is 10.2 Å². The molecule has 0 aromatic carbocycles. The van der Waals surface area contributed by atoms with Crippen LogP contribution < -0.4 is 0 Å². The number of carboxylic acids is 2. The molecule has 0 bridgehead atoms. The number of azo groups is 1. The molecule has 20 heavy (non-hydrogen) atoms. The zero-order valence-corrected chi connectivity index (χ0v) is 11.7. The lowest BCUT2D eigenvalue weighted by Crippen LogP contribution is -2.37. The highest BCUT2D eigenvalue weighted by Gasteiger charge is 2.39. The second-order valence-corrected chi connectivity index (χ2v) is 5.31. The molecule has 0 radical (unpaired) electrons. The van der Waals surface area contributed by atoms with Crippen LogP contribution in [-0.4, -0.2) is 33.2 Å². The van der Waals surface area contributed by atoms with Crippen molar-refractivity contribution >= 4 is 11.9 Å². The predicted molar refractivity (Wildman–Crippen MR) is 66.5 cm³/mol. The van der Waals surface area contributed by atoms with Crippen LogP contribution in [0.3, 0.4) is 0 Å².